The molecule has 0 amide bonds. The highest BCUT2D eigenvalue weighted by atomic mass is 35.5. The normalized spacial score (nSPS) is 12.7. The van der Waals surface area contributed by atoms with Crippen molar-refractivity contribution >= 4 is 23.1 Å². The number of halogens is 1. The molecule has 0 rings (SSSR count). The highest BCUT2D eigenvalue weighted by Crippen LogP contribution is 1.98. The molecule has 0 saturated carbocycles. The number of carbonyl (C=O) groups is 1. The molecule has 0 saturated heterocycles. The van der Waals surface area contributed by atoms with Crippen molar-refractivity contribution < 1.29 is 9.53 Å². The smallest absolute Gasteiger partial charge is 0.250 e. The maximum Gasteiger partial charge on any atom is 0.250 e. The van der Waals surface area contributed by atoms with Gasteiger partial charge in [0.2, 0.25) is 0 Å². The summed E-state index contributed by atoms with van der Waals surface area (Å²) in [5, 5.41) is 6.06. The minimum atomic E-state index is -0.649. The third-order valence-electron chi connectivity index (χ3n) is 0.870. The molecular formula is C5H8ClNO2. The molecule has 52 valence electrons. The molecule has 0 aliphatic rings. The van der Waals surface area contributed by atoms with Crippen LogP contribution in [-0.4, -0.2) is 24.7 Å². The van der Waals surface area contributed by atoms with Crippen LogP contribution in [0.4, 0.5) is 0 Å². The van der Waals surface area contributed by atoms with Crippen molar-refractivity contribution in [3.63, 3.8) is 0 Å². The minimum Gasteiger partial charge on any atom is -0.372 e. The fourth-order valence-electron chi connectivity index (χ4n) is 0.389. The molecule has 1 N–H and O–H groups in total. The predicted molar refractivity (Wildman–Crippen MR) is 35.1 cm³/mol. The van der Waals surface area contributed by atoms with E-state index in [-0.39, 0.29) is 6.42 Å². The van der Waals surface area contributed by atoms with E-state index in [1.54, 1.807) is 0 Å². The Morgan fingerprint density at radius 1 is 2.00 bits per heavy atom. The van der Waals surface area contributed by atoms with Crippen LogP contribution in [0.2, 0.25) is 0 Å². The number of rotatable bonds is 4. The highest BCUT2D eigenvalue weighted by Gasteiger charge is 2.12. The second kappa shape index (κ2) is 4.47. The summed E-state index contributed by atoms with van der Waals surface area (Å²) < 4.78 is 4.62. The molecule has 1 atom stereocenters. The zero-order valence-electron chi connectivity index (χ0n) is 5.06. The van der Waals surface area contributed by atoms with E-state index in [9.17, 15) is 4.79 Å². The summed E-state index contributed by atoms with van der Waals surface area (Å²) in [5.41, 5.74) is 0. The van der Waals surface area contributed by atoms with Crippen LogP contribution in [0.1, 0.15) is 6.42 Å². The molecule has 3 nitrogen and oxygen atoms in total. The SMILES string of the molecule is COC(CC=N)C(=O)Cl. The Labute approximate surface area is 58.5 Å². The predicted octanol–water partition coefficient (Wildman–Crippen LogP) is 0.806. The largest absolute Gasteiger partial charge is 0.372 e. The van der Waals surface area contributed by atoms with E-state index in [0.717, 1.165) is 6.21 Å². The molecule has 9 heavy (non-hydrogen) atoms. The second-order valence-electron chi connectivity index (χ2n) is 1.47. The Balaban J connectivity index is 3.67. The first-order valence-electron chi connectivity index (χ1n) is 2.43. The summed E-state index contributed by atoms with van der Waals surface area (Å²) in [6.07, 6.45) is 0.692. The summed E-state index contributed by atoms with van der Waals surface area (Å²) in [5.74, 6) is 0. The van der Waals surface area contributed by atoms with Gasteiger partial charge in [-0.15, -0.1) is 0 Å². The van der Waals surface area contributed by atoms with E-state index in [2.05, 4.69) is 4.74 Å². The van der Waals surface area contributed by atoms with E-state index >= 15 is 0 Å². The third kappa shape index (κ3) is 3.21. The molecule has 4 heteroatoms. The van der Waals surface area contributed by atoms with Crippen molar-refractivity contribution in [2.75, 3.05) is 7.11 Å². The quantitative estimate of drug-likeness (QED) is 0.475. The van der Waals surface area contributed by atoms with E-state index in [0.29, 0.717) is 0 Å². The Bertz CT molecular complexity index is 116. The van der Waals surface area contributed by atoms with Gasteiger partial charge >= 0.3 is 0 Å². The standard InChI is InChI=1S/C5H8ClNO2/c1-9-4(2-3-7)5(6)8/h3-4,7H,2H2,1H3. The number of carbonyl (C=O) groups excluding carboxylic acids is 1. The lowest BCUT2D eigenvalue weighted by Crippen LogP contribution is -2.18. The van der Waals surface area contributed by atoms with E-state index in [4.69, 9.17) is 17.0 Å². The molecule has 0 radical (unpaired) electrons. The monoisotopic (exact) mass is 149 g/mol. The number of methoxy groups -OCH3 is 1. The van der Waals surface area contributed by atoms with Crippen molar-refractivity contribution in [3.05, 3.63) is 0 Å². The first-order valence-corrected chi connectivity index (χ1v) is 2.81. The summed E-state index contributed by atoms with van der Waals surface area (Å²) in [6, 6.07) is 0. The van der Waals surface area contributed by atoms with Crippen molar-refractivity contribution in [2.45, 2.75) is 12.5 Å². The maximum atomic E-state index is 10.3. The van der Waals surface area contributed by atoms with Crippen molar-refractivity contribution in [1.82, 2.24) is 0 Å². The molecular weight excluding hydrogens is 142 g/mol. The Kier molecular flexibility index (Phi) is 4.26. The van der Waals surface area contributed by atoms with E-state index in [1.165, 1.54) is 7.11 Å². The van der Waals surface area contributed by atoms with E-state index < -0.39 is 11.3 Å². The van der Waals surface area contributed by atoms with Crippen molar-refractivity contribution in [2.24, 2.45) is 0 Å². The van der Waals surface area contributed by atoms with Gasteiger partial charge in [0.1, 0.15) is 6.10 Å². The van der Waals surface area contributed by atoms with Crippen LogP contribution in [0, 0.1) is 5.41 Å². The summed E-state index contributed by atoms with van der Waals surface area (Å²) >= 11 is 5.06. The molecule has 0 bridgehead atoms. The van der Waals surface area contributed by atoms with Crippen molar-refractivity contribution in [3.8, 4) is 0 Å². The van der Waals surface area contributed by atoms with Crippen LogP contribution in [-0.2, 0) is 9.53 Å². The first kappa shape index (κ1) is 8.59. The van der Waals surface area contributed by atoms with Gasteiger partial charge in [-0.1, -0.05) is 0 Å². The third-order valence-corrected chi connectivity index (χ3v) is 1.11. The molecule has 0 aliphatic carbocycles. The Morgan fingerprint density at radius 3 is 2.67 bits per heavy atom. The van der Waals surface area contributed by atoms with Gasteiger partial charge in [-0.05, 0) is 17.8 Å². The van der Waals surface area contributed by atoms with Crippen LogP contribution in [0.5, 0.6) is 0 Å². The van der Waals surface area contributed by atoms with Gasteiger partial charge in [0.15, 0.2) is 0 Å². The topological polar surface area (TPSA) is 50.1 Å². The highest BCUT2D eigenvalue weighted by molar-refractivity contribution is 6.64. The van der Waals surface area contributed by atoms with Crippen LogP contribution >= 0.6 is 11.6 Å². The molecule has 0 spiro atoms. The summed E-state index contributed by atoms with van der Waals surface area (Å²) in [6.45, 7) is 0. The average Bonchev–Trinajstić information content (AvgIpc) is 1.82. The van der Waals surface area contributed by atoms with Crippen molar-refractivity contribution in [1.29, 1.82) is 5.41 Å². The Hall–Kier alpha value is -0.410. The van der Waals surface area contributed by atoms with Gasteiger partial charge in [0.05, 0.1) is 0 Å². The summed E-state index contributed by atoms with van der Waals surface area (Å²) in [7, 11) is 1.38. The lowest BCUT2D eigenvalue weighted by atomic mass is 10.3. The lowest BCUT2D eigenvalue weighted by Gasteiger charge is -2.04. The number of hydrogen-bond acceptors (Lipinski definition) is 3. The number of ether oxygens (including phenoxy) is 1. The fraction of sp³-hybridized carbons (Fsp3) is 0.600. The molecule has 0 aromatic heterocycles. The van der Waals surface area contributed by atoms with Gasteiger partial charge < -0.3 is 10.1 Å². The molecule has 0 aromatic rings. The average molecular weight is 150 g/mol. The van der Waals surface area contributed by atoms with Crippen LogP contribution < -0.4 is 0 Å². The zero-order valence-corrected chi connectivity index (χ0v) is 5.81. The second-order valence-corrected chi connectivity index (χ2v) is 1.84. The van der Waals surface area contributed by atoms with Crippen LogP contribution in [0.3, 0.4) is 0 Å². The molecule has 0 aromatic carbocycles. The minimum absolute atomic E-state index is 0.249. The van der Waals surface area contributed by atoms with Gasteiger partial charge in [-0.25, -0.2) is 0 Å². The summed E-state index contributed by atoms with van der Waals surface area (Å²) in [4.78, 5) is 10.3. The maximum absolute atomic E-state index is 10.3. The zero-order chi connectivity index (χ0) is 7.28. The van der Waals surface area contributed by atoms with Gasteiger partial charge in [0.25, 0.3) is 5.24 Å². The molecule has 1 unspecified atom stereocenters. The van der Waals surface area contributed by atoms with Gasteiger partial charge in [-0.2, -0.15) is 0 Å². The fourth-order valence-corrected chi connectivity index (χ4v) is 0.567. The number of hydrogen-bond donors (Lipinski definition) is 1. The van der Waals surface area contributed by atoms with Crippen LogP contribution in [0.25, 0.3) is 0 Å². The Morgan fingerprint density at radius 2 is 2.56 bits per heavy atom. The van der Waals surface area contributed by atoms with E-state index in [1.807, 2.05) is 0 Å². The lowest BCUT2D eigenvalue weighted by molar-refractivity contribution is -0.120. The van der Waals surface area contributed by atoms with Gasteiger partial charge in [-0.3, -0.25) is 4.79 Å². The van der Waals surface area contributed by atoms with Crippen LogP contribution in [0.15, 0.2) is 0 Å². The molecule has 0 heterocycles. The number of nitrogens with one attached hydrogen (secondary N) is 1. The van der Waals surface area contributed by atoms with Gasteiger partial charge in [0, 0.05) is 13.5 Å². The molecule has 0 aliphatic heterocycles. The molecule has 0 fully saturated rings. The first-order chi connectivity index (χ1) is 4.22.